The van der Waals surface area contributed by atoms with E-state index in [2.05, 4.69) is 10.4 Å². The van der Waals surface area contributed by atoms with Crippen LogP contribution >= 0.6 is 0 Å². The highest BCUT2D eigenvalue weighted by Gasteiger charge is 2.54. The summed E-state index contributed by atoms with van der Waals surface area (Å²) >= 11 is 0. The number of hydrazone groups is 1. The van der Waals surface area contributed by atoms with E-state index in [-0.39, 0.29) is 19.1 Å². The largest absolute Gasteiger partial charge is 0.378 e. The van der Waals surface area contributed by atoms with Crippen LogP contribution in [-0.2, 0) is 14.3 Å². The summed E-state index contributed by atoms with van der Waals surface area (Å²) in [6.07, 6.45) is 1.08. The summed E-state index contributed by atoms with van der Waals surface area (Å²) in [5, 5.41) is 8.34. The second-order valence-electron chi connectivity index (χ2n) is 6.39. The molecule has 0 aromatic heterocycles. The molecule has 8 nitrogen and oxygen atoms in total. The van der Waals surface area contributed by atoms with Crippen molar-refractivity contribution in [3.05, 3.63) is 35.9 Å². The lowest BCUT2D eigenvalue weighted by Gasteiger charge is -2.19. The summed E-state index contributed by atoms with van der Waals surface area (Å²) in [7, 11) is 0. The van der Waals surface area contributed by atoms with Crippen LogP contribution in [0.2, 0.25) is 0 Å². The molecule has 0 saturated carbocycles. The van der Waals surface area contributed by atoms with Gasteiger partial charge in [-0.25, -0.2) is 9.80 Å². The third-order valence-electron chi connectivity index (χ3n) is 4.76. The number of carbonyl (C=O) groups is 3. The second kappa shape index (κ2) is 5.96. The van der Waals surface area contributed by atoms with Crippen LogP contribution in [0.15, 0.2) is 35.4 Å². The van der Waals surface area contributed by atoms with E-state index in [1.807, 2.05) is 30.3 Å². The predicted octanol–water partition coefficient (Wildman–Crippen LogP) is 0.334. The standard InChI is InChI=1S/C17H18N4O4/c22-14(21-8-6-13(19-21)12-4-2-1-3-5-12)10-20-15(23)17(18-16(20)24)7-9-25-11-17/h1-5H,6-11H2,(H,18,24)/t17-/m0/s1. The predicted molar refractivity (Wildman–Crippen MR) is 87.7 cm³/mol. The number of nitrogens with one attached hydrogen (secondary N) is 1. The van der Waals surface area contributed by atoms with Gasteiger partial charge in [-0.15, -0.1) is 0 Å². The SMILES string of the molecule is O=C(CN1C(=O)N[C@]2(CCOC2)C1=O)N1CCC(c2ccccc2)=N1. The maximum atomic E-state index is 12.5. The smallest absolute Gasteiger partial charge is 0.325 e. The van der Waals surface area contributed by atoms with E-state index >= 15 is 0 Å². The number of carbonyl (C=O) groups excluding carboxylic acids is 3. The van der Waals surface area contributed by atoms with Crippen molar-refractivity contribution in [1.29, 1.82) is 0 Å². The quantitative estimate of drug-likeness (QED) is 0.802. The van der Waals surface area contributed by atoms with Crippen LogP contribution in [0.3, 0.4) is 0 Å². The Morgan fingerprint density at radius 1 is 1.28 bits per heavy atom. The Morgan fingerprint density at radius 3 is 2.80 bits per heavy atom. The van der Waals surface area contributed by atoms with Crippen molar-refractivity contribution in [2.75, 3.05) is 26.3 Å². The van der Waals surface area contributed by atoms with Gasteiger partial charge in [0.25, 0.3) is 11.8 Å². The van der Waals surface area contributed by atoms with Gasteiger partial charge in [-0.1, -0.05) is 30.3 Å². The van der Waals surface area contributed by atoms with Crippen molar-refractivity contribution >= 4 is 23.6 Å². The molecule has 4 amide bonds. The first kappa shape index (κ1) is 15.8. The summed E-state index contributed by atoms with van der Waals surface area (Å²) in [4.78, 5) is 38.1. The number of amides is 4. The lowest BCUT2D eigenvalue weighted by atomic mass is 9.99. The minimum absolute atomic E-state index is 0.155. The van der Waals surface area contributed by atoms with Crippen LogP contribution in [0.1, 0.15) is 18.4 Å². The molecule has 1 aromatic rings. The average Bonchev–Trinajstić information content (AvgIpc) is 3.33. The first-order valence-electron chi connectivity index (χ1n) is 8.24. The van der Waals surface area contributed by atoms with Gasteiger partial charge >= 0.3 is 6.03 Å². The highest BCUT2D eigenvalue weighted by molar-refractivity contribution is 6.09. The molecule has 1 spiro atoms. The monoisotopic (exact) mass is 342 g/mol. The Labute approximate surface area is 144 Å². The maximum Gasteiger partial charge on any atom is 0.325 e. The molecule has 4 rings (SSSR count). The second-order valence-corrected chi connectivity index (χ2v) is 6.39. The zero-order valence-electron chi connectivity index (χ0n) is 13.6. The molecule has 3 aliphatic rings. The third-order valence-corrected chi connectivity index (χ3v) is 4.76. The van der Waals surface area contributed by atoms with Crippen molar-refractivity contribution in [2.45, 2.75) is 18.4 Å². The molecule has 3 heterocycles. The summed E-state index contributed by atoms with van der Waals surface area (Å²) in [6.45, 7) is 0.714. The Balaban J connectivity index is 1.45. The van der Waals surface area contributed by atoms with Crippen LogP contribution in [0.4, 0.5) is 4.79 Å². The minimum Gasteiger partial charge on any atom is -0.378 e. The topological polar surface area (TPSA) is 91.3 Å². The van der Waals surface area contributed by atoms with Gasteiger partial charge in [-0.3, -0.25) is 14.5 Å². The number of urea groups is 1. The Kier molecular flexibility index (Phi) is 3.76. The molecule has 8 heteroatoms. The lowest BCUT2D eigenvalue weighted by molar-refractivity contribution is -0.138. The Morgan fingerprint density at radius 2 is 2.08 bits per heavy atom. The summed E-state index contributed by atoms with van der Waals surface area (Å²) in [6, 6.07) is 9.08. The maximum absolute atomic E-state index is 12.5. The number of benzene rings is 1. The third kappa shape index (κ3) is 2.68. The van der Waals surface area contributed by atoms with Crippen LogP contribution in [0.5, 0.6) is 0 Å². The first-order chi connectivity index (χ1) is 12.1. The number of hydrogen-bond acceptors (Lipinski definition) is 5. The zero-order valence-corrected chi connectivity index (χ0v) is 13.6. The summed E-state index contributed by atoms with van der Waals surface area (Å²) in [5.74, 6) is -0.764. The van der Waals surface area contributed by atoms with Gasteiger partial charge < -0.3 is 10.1 Å². The van der Waals surface area contributed by atoms with E-state index < -0.39 is 17.5 Å². The van der Waals surface area contributed by atoms with Crippen molar-refractivity contribution in [1.82, 2.24) is 15.2 Å². The number of rotatable bonds is 3. The zero-order chi connectivity index (χ0) is 17.4. The Hall–Kier alpha value is -2.74. The van der Waals surface area contributed by atoms with E-state index in [9.17, 15) is 14.4 Å². The van der Waals surface area contributed by atoms with Crippen LogP contribution in [0.25, 0.3) is 0 Å². The highest BCUT2D eigenvalue weighted by atomic mass is 16.5. The van der Waals surface area contributed by atoms with Crippen molar-refractivity contribution in [2.24, 2.45) is 5.10 Å². The normalized spacial score (nSPS) is 25.7. The number of hydrogen-bond donors (Lipinski definition) is 1. The lowest BCUT2D eigenvalue weighted by Crippen LogP contribution is -2.48. The van der Waals surface area contributed by atoms with Gasteiger partial charge in [0.15, 0.2) is 0 Å². The number of imide groups is 1. The van der Waals surface area contributed by atoms with Crippen molar-refractivity contribution < 1.29 is 19.1 Å². The fraction of sp³-hybridized carbons (Fsp3) is 0.412. The van der Waals surface area contributed by atoms with E-state index in [0.717, 1.165) is 16.2 Å². The average molecular weight is 342 g/mol. The molecule has 0 bridgehead atoms. The molecule has 25 heavy (non-hydrogen) atoms. The molecule has 0 aliphatic carbocycles. The van der Waals surface area contributed by atoms with Crippen LogP contribution < -0.4 is 5.32 Å². The van der Waals surface area contributed by atoms with E-state index in [0.29, 0.717) is 26.0 Å². The van der Waals surface area contributed by atoms with Crippen molar-refractivity contribution in [3.63, 3.8) is 0 Å². The van der Waals surface area contributed by atoms with E-state index in [1.54, 1.807) is 0 Å². The number of nitrogens with zero attached hydrogens (tertiary/aromatic N) is 3. The molecule has 2 saturated heterocycles. The molecule has 0 radical (unpaired) electrons. The molecule has 1 aromatic carbocycles. The van der Waals surface area contributed by atoms with Crippen molar-refractivity contribution in [3.8, 4) is 0 Å². The van der Waals surface area contributed by atoms with E-state index in [1.165, 1.54) is 5.01 Å². The molecular weight excluding hydrogens is 324 g/mol. The van der Waals surface area contributed by atoms with Gasteiger partial charge in [0, 0.05) is 19.4 Å². The molecule has 1 atom stereocenters. The molecule has 1 N–H and O–H groups in total. The van der Waals surface area contributed by atoms with Gasteiger partial charge in [0.2, 0.25) is 0 Å². The van der Waals surface area contributed by atoms with Gasteiger partial charge in [0.1, 0.15) is 12.1 Å². The molecule has 3 aliphatic heterocycles. The summed E-state index contributed by atoms with van der Waals surface area (Å²) in [5.41, 5.74) is 0.794. The van der Waals surface area contributed by atoms with Gasteiger partial charge in [-0.2, -0.15) is 5.10 Å². The Bertz CT molecular complexity index is 755. The highest BCUT2D eigenvalue weighted by Crippen LogP contribution is 2.27. The van der Waals surface area contributed by atoms with Gasteiger partial charge in [-0.05, 0) is 5.56 Å². The fourth-order valence-corrected chi connectivity index (χ4v) is 3.34. The first-order valence-corrected chi connectivity index (χ1v) is 8.24. The fourth-order valence-electron chi connectivity index (χ4n) is 3.34. The van der Waals surface area contributed by atoms with Gasteiger partial charge in [0.05, 0.1) is 18.9 Å². The molecule has 0 unspecified atom stereocenters. The van der Waals surface area contributed by atoms with Crippen LogP contribution in [-0.4, -0.2) is 65.3 Å². The molecular formula is C17H18N4O4. The molecule has 2 fully saturated rings. The minimum atomic E-state index is -0.999. The van der Waals surface area contributed by atoms with Crippen LogP contribution in [0, 0.1) is 0 Å². The molecule has 130 valence electrons. The number of ether oxygens (including phenoxy) is 1. The summed E-state index contributed by atoms with van der Waals surface area (Å²) < 4.78 is 5.24. The van der Waals surface area contributed by atoms with E-state index in [4.69, 9.17) is 4.74 Å².